The standard InChI is InChI=1S/C13H12N2/c1-2-15-9-11-8-7-10-5-3-4-6-12(10)13(11)14-15/h3-9H,2H2,1H3. The largest absolute Gasteiger partial charge is 0.272 e. The van der Waals surface area contributed by atoms with Crippen molar-refractivity contribution in [3.8, 4) is 0 Å². The molecule has 0 radical (unpaired) electrons. The van der Waals surface area contributed by atoms with Crippen LogP contribution in [0.4, 0.5) is 0 Å². The highest BCUT2D eigenvalue weighted by Crippen LogP contribution is 2.23. The van der Waals surface area contributed by atoms with Gasteiger partial charge in [-0.1, -0.05) is 36.4 Å². The molecule has 0 unspecified atom stereocenters. The van der Waals surface area contributed by atoms with Gasteiger partial charge in [-0.3, -0.25) is 4.68 Å². The molecule has 1 aromatic heterocycles. The Labute approximate surface area is 88.1 Å². The molecule has 15 heavy (non-hydrogen) atoms. The highest BCUT2D eigenvalue weighted by Gasteiger charge is 2.03. The fraction of sp³-hybridized carbons (Fsp3) is 0.154. The minimum absolute atomic E-state index is 0.920. The van der Waals surface area contributed by atoms with Crippen LogP contribution in [-0.4, -0.2) is 9.78 Å². The lowest BCUT2D eigenvalue weighted by atomic mass is 10.1. The fourth-order valence-electron chi connectivity index (χ4n) is 1.97. The van der Waals surface area contributed by atoms with E-state index < -0.39 is 0 Å². The van der Waals surface area contributed by atoms with Crippen LogP contribution in [-0.2, 0) is 6.54 Å². The first-order valence-electron chi connectivity index (χ1n) is 5.23. The van der Waals surface area contributed by atoms with E-state index in [1.807, 2.05) is 4.68 Å². The third kappa shape index (κ3) is 1.22. The molecule has 3 rings (SSSR count). The SMILES string of the molecule is CCn1cc2ccc3ccccc3c2n1. The molecule has 3 aromatic rings. The highest BCUT2D eigenvalue weighted by molar-refractivity contribution is 6.04. The van der Waals surface area contributed by atoms with E-state index in [2.05, 4.69) is 54.6 Å². The topological polar surface area (TPSA) is 17.8 Å². The minimum atomic E-state index is 0.920. The maximum absolute atomic E-state index is 4.58. The molecular formula is C13H12N2. The Hall–Kier alpha value is -1.83. The molecular weight excluding hydrogens is 184 g/mol. The Morgan fingerprint density at radius 1 is 1.07 bits per heavy atom. The summed E-state index contributed by atoms with van der Waals surface area (Å²) in [5, 5.41) is 8.29. The average molecular weight is 196 g/mol. The summed E-state index contributed by atoms with van der Waals surface area (Å²) in [6, 6.07) is 12.7. The van der Waals surface area contributed by atoms with Crippen molar-refractivity contribution in [2.75, 3.05) is 0 Å². The molecule has 2 heteroatoms. The van der Waals surface area contributed by atoms with Gasteiger partial charge in [0.15, 0.2) is 0 Å². The Bertz CT molecular complexity index is 623. The predicted octanol–water partition coefficient (Wildman–Crippen LogP) is 3.21. The van der Waals surface area contributed by atoms with Crippen LogP contribution in [0.5, 0.6) is 0 Å². The monoisotopic (exact) mass is 196 g/mol. The van der Waals surface area contributed by atoms with Gasteiger partial charge in [0.1, 0.15) is 5.52 Å². The summed E-state index contributed by atoms with van der Waals surface area (Å²) in [5.41, 5.74) is 1.11. The van der Waals surface area contributed by atoms with Gasteiger partial charge in [0.25, 0.3) is 0 Å². The van der Waals surface area contributed by atoms with E-state index >= 15 is 0 Å². The summed E-state index contributed by atoms with van der Waals surface area (Å²) < 4.78 is 1.98. The zero-order valence-corrected chi connectivity index (χ0v) is 8.64. The molecule has 0 aliphatic heterocycles. The zero-order chi connectivity index (χ0) is 10.3. The van der Waals surface area contributed by atoms with Crippen LogP contribution in [0.2, 0.25) is 0 Å². The highest BCUT2D eigenvalue weighted by atomic mass is 15.3. The number of fused-ring (bicyclic) bond motifs is 3. The number of nitrogens with zero attached hydrogens (tertiary/aromatic N) is 2. The minimum Gasteiger partial charge on any atom is -0.272 e. The van der Waals surface area contributed by atoms with Crippen molar-refractivity contribution in [2.24, 2.45) is 0 Å². The van der Waals surface area contributed by atoms with Crippen molar-refractivity contribution in [3.05, 3.63) is 42.6 Å². The van der Waals surface area contributed by atoms with Crippen molar-refractivity contribution < 1.29 is 0 Å². The van der Waals surface area contributed by atoms with Gasteiger partial charge in [0, 0.05) is 23.5 Å². The second-order valence-electron chi connectivity index (χ2n) is 3.71. The lowest BCUT2D eigenvalue weighted by molar-refractivity contribution is 0.668. The molecule has 0 aliphatic carbocycles. The van der Waals surface area contributed by atoms with Crippen molar-refractivity contribution in [1.29, 1.82) is 0 Å². The lowest BCUT2D eigenvalue weighted by Gasteiger charge is -1.96. The molecule has 2 nitrogen and oxygen atoms in total. The first kappa shape index (κ1) is 8.48. The van der Waals surface area contributed by atoms with Crippen molar-refractivity contribution in [1.82, 2.24) is 9.78 Å². The van der Waals surface area contributed by atoms with Gasteiger partial charge >= 0.3 is 0 Å². The quantitative estimate of drug-likeness (QED) is 0.584. The average Bonchev–Trinajstić information content (AvgIpc) is 2.72. The Morgan fingerprint density at radius 2 is 1.87 bits per heavy atom. The molecule has 0 aliphatic rings. The molecule has 0 atom stereocenters. The van der Waals surface area contributed by atoms with Crippen LogP contribution in [0.1, 0.15) is 6.92 Å². The van der Waals surface area contributed by atoms with E-state index in [4.69, 9.17) is 0 Å². The van der Waals surface area contributed by atoms with Crippen LogP contribution in [0.3, 0.4) is 0 Å². The number of hydrogen-bond donors (Lipinski definition) is 0. The molecule has 2 aromatic carbocycles. The maximum Gasteiger partial charge on any atom is 0.100 e. The fourth-order valence-corrected chi connectivity index (χ4v) is 1.97. The summed E-state index contributed by atoms with van der Waals surface area (Å²) in [6.07, 6.45) is 2.10. The third-order valence-electron chi connectivity index (χ3n) is 2.77. The smallest absolute Gasteiger partial charge is 0.100 e. The molecule has 74 valence electrons. The van der Waals surface area contributed by atoms with E-state index in [0.29, 0.717) is 0 Å². The number of hydrogen-bond acceptors (Lipinski definition) is 1. The molecule has 0 bridgehead atoms. The summed E-state index contributed by atoms with van der Waals surface area (Å²) in [4.78, 5) is 0. The molecule has 0 saturated carbocycles. The number of benzene rings is 2. The van der Waals surface area contributed by atoms with Crippen molar-refractivity contribution in [2.45, 2.75) is 13.5 Å². The zero-order valence-electron chi connectivity index (χ0n) is 8.64. The van der Waals surface area contributed by atoms with Gasteiger partial charge in [-0.25, -0.2) is 0 Å². The Morgan fingerprint density at radius 3 is 2.73 bits per heavy atom. The molecule has 0 N–H and O–H groups in total. The number of aryl methyl sites for hydroxylation is 1. The van der Waals surface area contributed by atoms with Crippen molar-refractivity contribution in [3.63, 3.8) is 0 Å². The molecule has 1 heterocycles. The number of aromatic nitrogens is 2. The van der Waals surface area contributed by atoms with E-state index in [0.717, 1.165) is 12.1 Å². The molecule has 0 amide bonds. The second kappa shape index (κ2) is 3.09. The predicted molar refractivity (Wildman–Crippen MR) is 62.9 cm³/mol. The summed E-state index contributed by atoms with van der Waals surface area (Å²) >= 11 is 0. The Balaban J connectivity index is 2.47. The van der Waals surface area contributed by atoms with Crippen LogP contribution in [0, 0.1) is 0 Å². The first-order valence-corrected chi connectivity index (χ1v) is 5.23. The van der Waals surface area contributed by atoms with Crippen LogP contribution in [0.25, 0.3) is 21.7 Å². The third-order valence-corrected chi connectivity index (χ3v) is 2.77. The van der Waals surface area contributed by atoms with Crippen LogP contribution in [0.15, 0.2) is 42.6 Å². The van der Waals surface area contributed by atoms with Crippen LogP contribution < -0.4 is 0 Å². The van der Waals surface area contributed by atoms with E-state index in [-0.39, 0.29) is 0 Å². The van der Waals surface area contributed by atoms with Gasteiger partial charge < -0.3 is 0 Å². The van der Waals surface area contributed by atoms with Gasteiger partial charge in [-0.05, 0) is 12.3 Å². The maximum atomic E-state index is 4.58. The van der Waals surface area contributed by atoms with E-state index in [1.165, 1.54) is 16.2 Å². The lowest BCUT2D eigenvalue weighted by Crippen LogP contribution is -1.92. The first-order chi connectivity index (χ1) is 7.38. The van der Waals surface area contributed by atoms with E-state index in [1.54, 1.807) is 0 Å². The summed E-state index contributed by atoms with van der Waals surface area (Å²) in [7, 11) is 0. The number of rotatable bonds is 1. The van der Waals surface area contributed by atoms with Gasteiger partial charge in [0.2, 0.25) is 0 Å². The molecule has 0 spiro atoms. The Kier molecular flexibility index (Phi) is 1.75. The molecule has 0 fully saturated rings. The van der Waals surface area contributed by atoms with Crippen LogP contribution >= 0.6 is 0 Å². The summed E-state index contributed by atoms with van der Waals surface area (Å²) in [5.74, 6) is 0. The molecule has 0 saturated heterocycles. The normalized spacial score (nSPS) is 11.3. The van der Waals surface area contributed by atoms with Gasteiger partial charge in [0.05, 0.1) is 0 Å². The van der Waals surface area contributed by atoms with Gasteiger partial charge in [-0.2, -0.15) is 5.10 Å². The van der Waals surface area contributed by atoms with Gasteiger partial charge in [-0.15, -0.1) is 0 Å². The summed E-state index contributed by atoms with van der Waals surface area (Å²) in [6.45, 7) is 3.02. The van der Waals surface area contributed by atoms with Crippen molar-refractivity contribution >= 4 is 21.7 Å². The van der Waals surface area contributed by atoms with E-state index in [9.17, 15) is 0 Å². The second-order valence-corrected chi connectivity index (χ2v) is 3.71.